The lowest BCUT2D eigenvalue weighted by Crippen LogP contribution is -2.38. The van der Waals surface area contributed by atoms with E-state index in [1.807, 2.05) is 0 Å². The van der Waals surface area contributed by atoms with Gasteiger partial charge in [-0.15, -0.1) is 0 Å². The molecule has 0 saturated carbocycles. The molecule has 2 amide bonds. The van der Waals surface area contributed by atoms with Crippen LogP contribution in [0.2, 0.25) is 0 Å². The molecule has 0 fully saturated rings. The first-order valence-electron chi connectivity index (χ1n) is 8.55. The molecule has 0 bridgehead atoms. The lowest BCUT2D eigenvalue weighted by molar-refractivity contribution is -0.116. The van der Waals surface area contributed by atoms with Crippen LogP contribution in [0, 0.1) is 5.82 Å². The summed E-state index contributed by atoms with van der Waals surface area (Å²) >= 11 is 0. The molecule has 2 aromatic rings. The van der Waals surface area contributed by atoms with Gasteiger partial charge in [0, 0.05) is 38.0 Å². The summed E-state index contributed by atoms with van der Waals surface area (Å²) in [6.07, 6.45) is 0. The van der Waals surface area contributed by atoms with Gasteiger partial charge in [0.05, 0.1) is 12.8 Å². The molecule has 1 N–H and O–H groups in total. The standard InChI is InChI=1S/C20H24FN3O3/c1-5-24(13-19(25)22-15-7-6-8-16(12-15)27-4)20(26)14-9-10-18(23(2)3)17(21)11-14/h6-12H,5,13H2,1-4H3,(H,22,25). The molecule has 0 atom stereocenters. The second-order valence-electron chi connectivity index (χ2n) is 6.16. The zero-order valence-electron chi connectivity index (χ0n) is 16.0. The van der Waals surface area contributed by atoms with Gasteiger partial charge in [0.2, 0.25) is 5.91 Å². The van der Waals surface area contributed by atoms with Crippen LogP contribution in [0.25, 0.3) is 0 Å². The van der Waals surface area contributed by atoms with Crippen molar-refractivity contribution in [3.63, 3.8) is 0 Å². The number of amides is 2. The van der Waals surface area contributed by atoms with Gasteiger partial charge in [-0.2, -0.15) is 0 Å². The number of hydrogen-bond acceptors (Lipinski definition) is 4. The van der Waals surface area contributed by atoms with Gasteiger partial charge in [-0.1, -0.05) is 6.07 Å². The van der Waals surface area contributed by atoms with Crippen molar-refractivity contribution in [1.82, 2.24) is 4.90 Å². The summed E-state index contributed by atoms with van der Waals surface area (Å²) in [5, 5.41) is 2.73. The third-order valence-electron chi connectivity index (χ3n) is 4.03. The Labute approximate surface area is 158 Å². The molecule has 0 radical (unpaired) electrons. The highest BCUT2D eigenvalue weighted by Gasteiger charge is 2.19. The normalized spacial score (nSPS) is 10.3. The zero-order chi connectivity index (χ0) is 20.0. The van der Waals surface area contributed by atoms with Gasteiger partial charge in [0.15, 0.2) is 0 Å². The van der Waals surface area contributed by atoms with Gasteiger partial charge >= 0.3 is 0 Å². The molecule has 0 aliphatic heterocycles. The Balaban J connectivity index is 2.08. The number of likely N-dealkylation sites (N-methyl/N-ethyl adjacent to an activating group) is 1. The molecule has 2 rings (SSSR count). The van der Waals surface area contributed by atoms with Crippen molar-refractivity contribution in [3.8, 4) is 5.75 Å². The highest BCUT2D eigenvalue weighted by atomic mass is 19.1. The van der Waals surface area contributed by atoms with Crippen molar-refractivity contribution in [2.45, 2.75) is 6.92 Å². The predicted octanol–water partition coefficient (Wildman–Crippen LogP) is 3.00. The van der Waals surface area contributed by atoms with Gasteiger partial charge in [0.1, 0.15) is 18.1 Å². The summed E-state index contributed by atoms with van der Waals surface area (Å²) in [7, 11) is 4.99. The van der Waals surface area contributed by atoms with Crippen LogP contribution in [-0.2, 0) is 4.79 Å². The quantitative estimate of drug-likeness (QED) is 0.811. The number of halogens is 1. The monoisotopic (exact) mass is 373 g/mol. The number of carbonyl (C=O) groups is 2. The summed E-state index contributed by atoms with van der Waals surface area (Å²) in [5.74, 6) is -0.609. The predicted molar refractivity (Wildman–Crippen MR) is 104 cm³/mol. The number of anilines is 2. The molecule has 0 aliphatic rings. The minimum atomic E-state index is -0.484. The number of ether oxygens (including phenoxy) is 1. The van der Waals surface area contributed by atoms with Crippen LogP contribution in [0.5, 0.6) is 5.75 Å². The molecule has 0 unspecified atom stereocenters. The summed E-state index contributed by atoms with van der Waals surface area (Å²) in [6, 6.07) is 11.2. The van der Waals surface area contributed by atoms with E-state index >= 15 is 0 Å². The lowest BCUT2D eigenvalue weighted by atomic mass is 10.1. The van der Waals surface area contributed by atoms with Gasteiger partial charge in [-0.3, -0.25) is 9.59 Å². The van der Waals surface area contributed by atoms with E-state index in [2.05, 4.69) is 5.32 Å². The molecule has 6 nitrogen and oxygen atoms in total. The SMILES string of the molecule is CCN(CC(=O)Nc1cccc(OC)c1)C(=O)c1ccc(N(C)C)c(F)c1. The number of benzene rings is 2. The molecule has 0 aliphatic carbocycles. The van der Waals surface area contributed by atoms with Gasteiger partial charge in [-0.05, 0) is 37.3 Å². The molecule has 0 spiro atoms. The summed E-state index contributed by atoms with van der Waals surface area (Å²) in [4.78, 5) is 27.9. The molecule has 7 heteroatoms. The lowest BCUT2D eigenvalue weighted by Gasteiger charge is -2.21. The van der Waals surface area contributed by atoms with Crippen LogP contribution >= 0.6 is 0 Å². The van der Waals surface area contributed by atoms with E-state index in [1.54, 1.807) is 69.4 Å². The van der Waals surface area contributed by atoms with Crippen LogP contribution in [0.15, 0.2) is 42.5 Å². The number of methoxy groups -OCH3 is 1. The summed E-state index contributed by atoms with van der Waals surface area (Å²) < 4.78 is 19.3. The maximum absolute atomic E-state index is 14.1. The number of nitrogens with zero attached hydrogens (tertiary/aromatic N) is 2. The molecular weight excluding hydrogens is 349 g/mol. The molecule has 144 valence electrons. The summed E-state index contributed by atoms with van der Waals surface area (Å²) in [5.41, 5.74) is 1.17. The van der Waals surface area contributed by atoms with Crippen LogP contribution in [0.4, 0.5) is 15.8 Å². The van der Waals surface area contributed by atoms with Gasteiger partial charge in [-0.25, -0.2) is 4.39 Å². The van der Waals surface area contributed by atoms with E-state index in [0.29, 0.717) is 23.7 Å². The molecule has 0 aromatic heterocycles. The second kappa shape index (κ2) is 9.02. The smallest absolute Gasteiger partial charge is 0.254 e. The van der Waals surface area contributed by atoms with Crippen LogP contribution in [0.3, 0.4) is 0 Å². The Kier molecular flexibility index (Phi) is 6.76. The Morgan fingerprint density at radius 2 is 1.89 bits per heavy atom. The molecule has 27 heavy (non-hydrogen) atoms. The zero-order valence-corrected chi connectivity index (χ0v) is 16.0. The van der Waals surface area contributed by atoms with Crippen LogP contribution in [0.1, 0.15) is 17.3 Å². The first-order chi connectivity index (χ1) is 12.8. The number of rotatable bonds is 7. The average Bonchev–Trinajstić information content (AvgIpc) is 2.65. The second-order valence-corrected chi connectivity index (χ2v) is 6.16. The molecule has 2 aromatic carbocycles. The minimum absolute atomic E-state index is 0.135. The number of nitrogens with one attached hydrogen (secondary N) is 1. The first kappa shape index (κ1) is 20.2. The fraction of sp³-hybridized carbons (Fsp3) is 0.300. The van der Waals surface area contributed by atoms with E-state index < -0.39 is 11.7 Å². The van der Waals surface area contributed by atoms with Gasteiger partial charge < -0.3 is 19.9 Å². The first-order valence-corrected chi connectivity index (χ1v) is 8.55. The van der Waals surface area contributed by atoms with Crippen LogP contribution in [-0.4, -0.2) is 51.0 Å². The minimum Gasteiger partial charge on any atom is -0.497 e. The Bertz CT molecular complexity index is 824. The maximum Gasteiger partial charge on any atom is 0.254 e. The van der Waals surface area contributed by atoms with Crippen molar-refractivity contribution in [2.75, 3.05) is 44.5 Å². The Morgan fingerprint density at radius 1 is 1.15 bits per heavy atom. The van der Waals surface area contributed by atoms with E-state index in [0.717, 1.165) is 0 Å². The molecular formula is C20H24FN3O3. The Morgan fingerprint density at radius 3 is 2.48 bits per heavy atom. The van der Waals surface area contributed by atoms with Crippen molar-refractivity contribution in [3.05, 3.63) is 53.8 Å². The fourth-order valence-electron chi connectivity index (χ4n) is 2.59. The van der Waals surface area contributed by atoms with Crippen LogP contribution < -0.4 is 15.0 Å². The topological polar surface area (TPSA) is 61.9 Å². The van der Waals surface area contributed by atoms with E-state index in [-0.39, 0.29) is 18.0 Å². The summed E-state index contributed by atoms with van der Waals surface area (Å²) in [6.45, 7) is 1.95. The average molecular weight is 373 g/mol. The van der Waals surface area contributed by atoms with Crippen molar-refractivity contribution in [2.24, 2.45) is 0 Å². The largest absolute Gasteiger partial charge is 0.497 e. The highest BCUT2D eigenvalue weighted by Crippen LogP contribution is 2.20. The van der Waals surface area contributed by atoms with Crippen molar-refractivity contribution in [1.29, 1.82) is 0 Å². The van der Waals surface area contributed by atoms with Crippen molar-refractivity contribution >= 4 is 23.2 Å². The van der Waals surface area contributed by atoms with E-state index in [1.165, 1.54) is 11.0 Å². The fourth-order valence-corrected chi connectivity index (χ4v) is 2.59. The Hall–Kier alpha value is -3.09. The number of carbonyl (C=O) groups excluding carboxylic acids is 2. The molecule has 0 saturated heterocycles. The van der Waals surface area contributed by atoms with Gasteiger partial charge in [0.25, 0.3) is 5.91 Å². The highest BCUT2D eigenvalue weighted by molar-refractivity contribution is 5.99. The van der Waals surface area contributed by atoms with Crippen molar-refractivity contribution < 1.29 is 18.7 Å². The van der Waals surface area contributed by atoms with E-state index in [9.17, 15) is 14.0 Å². The third kappa shape index (κ3) is 5.20. The van der Waals surface area contributed by atoms with E-state index in [4.69, 9.17) is 4.74 Å². The molecule has 0 heterocycles. The maximum atomic E-state index is 14.1. The third-order valence-corrected chi connectivity index (χ3v) is 4.03. The number of hydrogen-bond donors (Lipinski definition) is 1.